The van der Waals surface area contributed by atoms with E-state index in [1.54, 1.807) is 43.6 Å². The highest BCUT2D eigenvalue weighted by atomic mass is 35.5. The predicted molar refractivity (Wildman–Crippen MR) is 101 cm³/mol. The fourth-order valence-corrected chi connectivity index (χ4v) is 2.36. The fourth-order valence-electron chi connectivity index (χ4n) is 2.25. The number of nitrogens with one attached hydrogen (secondary N) is 2. The Hall–Kier alpha value is -3.39. The van der Waals surface area contributed by atoms with E-state index in [0.717, 1.165) is 0 Å². The molecule has 0 fully saturated rings. The molecule has 2 heterocycles. The Morgan fingerprint density at radius 3 is 2.52 bits per heavy atom. The Kier molecular flexibility index (Phi) is 5.68. The maximum atomic E-state index is 12.1. The van der Waals surface area contributed by atoms with Crippen LogP contribution in [-0.4, -0.2) is 33.7 Å². The predicted octanol–water partition coefficient (Wildman–Crippen LogP) is 2.83. The van der Waals surface area contributed by atoms with Crippen LogP contribution in [0.2, 0.25) is 5.15 Å². The van der Waals surface area contributed by atoms with Crippen LogP contribution in [0.1, 0.15) is 10.4 Å². The van der Waals surface area contributed by atoms with Gasteiger partial charge in [-0.1, -0.05) is 11.6 Å². The third-order valence-electron chi connectivity index (χ3n) is 3.56. The van der Waals surface area contributed by atoms with Crippen molar-refractivity contribution in [1.29, 1.82) is 0 Å². The lowest BCUT2D eigenvalue weighted by Gasteiger charge is -2.06. The van der Waals surface area contributed by atoms with E-state index in [4.69, 9.17) is 16.3 Å². The van der Waals surface area contributed by atoms with Crippen molar-refractivity contribution in [1.82, 2.24) is 14.8 Å². The highest BCUT2D eigenvalue weighted by molar-refractivity contribution is 6.29. The number of methoxy groups -OCH3 is 1. The summed E-state index contributed by atoms with van der Waals surface area (Å²) in [4.78, 5) is 28.1. The summed E-state index contributed by atoms with van der Waals surface area (Å²) >= 11 is 5.70. The average molecular weight is 386 g/mol. The van der Waals surface area contributed by atoms with Gasteiger partial charge in [0, 0.05) is 18.1 Å². The minimum absolute atomic E-state index is 0.00437. The first-order valence-corrected chi connectivity index (χ1v) is 8.30. The van der Waals surface area contributed by atoms with Crippen molar-refractivity contribution in [2.24, 2.45) is 0 Å². The molecule has 3 aromatic rings. The zero-order valence-electron chi connectivity index (χ0n) is 14.3. The van der Waals surface area contributed by atoms with Gasteiger partial charge in [0.2, 0.25) is 5.91 Å². The number of anilines is 2. The molecule has 0 saturated heterocycles. The zero-order chi connectivity index (χ0) is 19.2. The van der Waals surface area contributed by atoms with Gasteiger partial charge in [-0.15, -0.1) is 0 Å². The van der Waals surface area contributed by atoms with Gasteiger partial charge in [0.15, 0.2) is 0 Å². The van der Waals surface area contributed by atoms with E-state index >= 15 is 0 Å². The molecule has 2 aromatic heterocycles. The third-order valence-corrected chi connectivity index (χ3v) is 3.78. The number of hydrogen-bond acceptors (Lipinski definition) is 5. The summed E-state index contributed by atoms with van der Waals surface area (Å²) in [6, 6.07) is 10.1. The van der Waals surface area contributed by atoms with Gasteiger partial charge in [-0.05, 0) is 36.4 Å². The molecule has 0 unspecified atom stereocenters. The van der Waals surface area contributed by atoms with Crippen molar-refractivity contribution in [3.63, 3.8) is 0 Å². The normalized spacial score (nSPS) is 10.3. The minimum Gasteiger partial charge on any atom is -0.497 e. The number of carbonyl (C=O) groups is 2. The number of aromatic nitrogens is 3. The number of benzene rings is 1. The van der Waals surface area contributed by atoms with Crippen molar-refractivity contribution >= 4 is 34.8 Å². The van der Waals surface area contributed by atoms with Crippen LogP contribution in [0.5, 0.6) is 5.75 Å². The molecular formula is C18H16ClN5O3. The molecule has 8 nitrogen and oxygen atoms in total. The number of nitrogens with zero attached hydrogens (tertiary/aromatic N) is 3. The lowest BCUT2D eigenvalue weighted by molar-refractivity contribution is -0.116. The second-order valence-corrected chi connectivity index (χ2v) is 5.91. The van der Waals surface area contributed by atoms with Crippen molar-refractivity contribution in [2.75, 3.05) is 17.7 Å². The van der Waals surface area contributed by atoms with Crippen molar-refractivity contribution in [3.8, 4) is 5.75 Å². The third kappa shape index (κ3) is 5.05. The van der Waals surface area contributed by atoms with E-state index in [9.17, 15) is 9.59 Å². The zero-order valence-corrected chi connectivity index (χ0v) is 15.1. The van der Waals surface area contributed by atoms with Gasteiger partial charge in [-0.25, -0.2) is 4.98 Å². The number of rotatable bonds is 6. The molecule has 1 aromatic carbocycles. The van der Waals surface area contributed by atoms with Gasteiger partial charge in [-0.3, -0.25) is 14.3 Å². The second-order valence-electron chi connectivity index (χ2n) is 5.53. The summed E-state index contributed by atoms with van der Waals surface area (Å²) < 4.78 is 6.50. The number of halogens is 1. The fraction of sp³-hybridized carbons (Fsp3) is 0.111. The van der Waals surface area contributed by atoms with Crippen LogP contribution in [0.25, 0.3) is 0 Å². The Balaban J connectivity index is 1.55. The van der Waals surface area contributed by atoms with Crippen LogP contribution in [-0.2, 0) is 11.3 Å². The molecule has 0 radical (unpaired) electrons. The summed E-state index contributed by atoms with van der Waals surface area (Å²) in [5, 5.41) is 9.82. The van der Waals surface area contributed by atoms with E-state index in [2.05, 4.69) is 20.7 Å². The van der Waals surface area contributed by atoms with Crippen LogP contribution in [0.15, 0.2) is 55.0 Å². The smallest absolute Gasteiger partial charge is 0.257 e. The maximum Gasteiger partial charge on any atom is 0.257 e. The highest BCUT2D eigenvalue weighted by Crippen LogP contribution is 2.15. The van der Waals surface area contributed by atoms with Crippen LogP contribution >= 0.6 is 11.6 Å². The monoisotopic (exact) mass is 385 g/mol. The number of carbonyl (C=O) groups excluding carboxylic acids is 2. The molecule has 0 atom stereocenters. The van der Waals surface area contributed by atoms with Gasteiger partial charge in [0.25, 0.3) is 5.91 Å². The van der Waals surface area contributed by atoms with E-state index < -0.39 is 0 Å². The molecule has 0 aliphatic heterocycles. The Morgan fingerprint density at radius 2 is 1.85 bits per heavy atom. The first-order valence-electron chi connectivity index (χ1n) is 7.93. The molecule has 9 heteroatoms. The largest absolute Gasteiger partial charge is 0.497 e. The second kappa shape index (κ2) is 8.33. The molecule has 0 bridgehead atoms. The molecule has 0 spiro atoms. The van der Waals surface area contributed by atoms with Crippen LogP contribution < -0.4 is 15.4 Å². The minimum atomic E-state index is -0.346. The average Bonchev–Trinajstić information content (AvgIpc) is 3.09. The van der Waals surface area contributed by atoms with Crippen molar-refractivity contribution < 1.29 is 14.3 Å². The topological polar surface area (TPSA) is 98.1 Å². The highest BCUT2D eigenvalue weighted by Gasteiger charge is 2.10. The Labute approximate surface area is 160 Å². The van der Waals surface area contributed by atoms with Gasteiger partial charge in [-0.2, -0.15) is 5.10 Å². The van der Waals surface area contributed by atoms with Crippen LogP contribution in [0, 0.1) is 0 Å². The Bertz CT molecular complexity index is 938. The summed E-state index contributed by atoms with van der Waals surface area (Å²) in [5.74, 6) is 0.112. The van der Waals surface area contributed by atoms with E-state index in [-0.39, 0.29) is 18.4 Å². The lowest BCUT2D eigenvalue weighted by atomic mass is 10.2. The summed E-state index contributed by atoms with van der Waals surface area (Å²) in [5.41, 5.74) is 1.48. The Morgan fingerprint density at radius 1 is 1.07 bits per heavy atom. The SMILES string of the molecule is COc1ccc(NC(=O)Cn2cc(NC(=O)c3ccc(Cl)nc3)cn2)cc1. The van der Waals surface area contributed by atoms with E-state index in [1.807, 2.05) is 0 Å². The molecule has 0 aliphatic carbocycles. The quantitative estimate of drug-likeness (QED) is 0.636. The molecule has 2 N–H and O–H groups in total. The van der Waals surface area contributed by atoms with Gasteiger partial charge in [0.1, 0.15) is 17.4 Å². The van der Waals surface area contributed by atoms with E-state index in [0.29, 0.717) is 27.8 Å². The molecule has 0 aliphatic rings. The number of amides is 2. The van der Waals surface area contributed by atoms with Crippen LogP contribution in [0.3, 0.4) is 0 Å². The van der Waals surface area contributed by atoms with Gasteiger partial charge < -0.3 is 15.4 Å². The number of ether oxygens (including phenoxy) is 1. The number of hydrogen-bond donors (Lipinski definition) is 2. The van der Waals surface area contributed by atoms with E-state index in [1.165, 1.54) is 23.1 Å². The maximum absolute atomic E-state index is 12.1. The standard InChI is InChI=1S/C18H16ClN5O3/c1-27-15-5-3-13(4-6-15)22-17(25)11-24-10-14(9-21-24)23-18(26)12-2-7-16(19)20-8-12/h2-10H,11H2,1H3,(H,22,25)(H,23,26). The molecule has 2 amide bonds. The van der Waals surface area contributed by atoms with Gasteiger partial charge in [0.05, 0.1) is 24.6 Å². The molecule has 27 heavy (non-hydrogen) atoms. The lowest BCUT2D eigenvalue weighted by Crippen LogP contribution is -2.19. The first kappa shape index (κ1) is 18.4. The van der Waals surface area contributed by atoms with Crippen LogP contribution in [0.4, 0.5) is 11.4 Å². The number of pyridine rings is 1. The van der Waals surface area contributed by atoms with Crippen molar-refractivity contribution in [3.05, 3.63) is 65.7 Å². The van der Waals surface area contributed by atoms with Gasteiger partial charge >= 0.3 is 0 Å². The van der Waals surface area contributed by atoms with Crippen molar-refractivity contribution in [2.45, 2.75) is 6.54 Å². The molecule has 3 rings (SSSR count). The molecule has 138 valence electrons. The first-order chi connectivity index (χ1) is 13.0. The molecular weight excluding hydrogens is 370 g/mol. The summed E-state index contributed by atoms with van der Waals surface area (Å²) in [6.07, 6.45) is 4.40. The summed E-state index contributed by atoms with van der Waals surface area (Å²) in [6.45, 7) is 0.00437. The summed E-state index contributed by atoms with van der Waals surface area (Å²) in [7, 11) is 1.57. The molecule has 0 saturated carbocycles.